The predicted molar refractivity (Wildman–Crippen MR) is 112 cm³/mol. The van der Waals surface area contributed by atoms with Crippen LogP contribution in [0.1, 0.15) is 24.8 Å². The number of hydrogen-bond acceptors (Lipinski definition) is 6. The van der Waals surface area contributed by atoms with Crippen LogP contribution in [-0.2, 0) is 4.84 Å². The van der Waals surface area contributed by atoms with E-state index < -0.39 is 0 Å². The summed E-state index contributed by atoms with van der Waals surface area (Å²) in [6.45, 7) is 6.65. The third-order valence-corrected chi connectivity index (χ3v) is 4.81. The molecule has 0 spiro atoms. The minimum absolute atomic E-state index is 0.404. The van der Waals surface area contributed by atoms with Crippen molar-refractivity contribution in [2.45, 2.75) is 19.3 Å². The molecule has 28 heavy (non-hydrogen) atoms. The Morgan fingerprint density at radius 1 is 1.21 bits per heavy atom. The lowest BCUT2D eigenvalue weighted by molar-refractivity contribution is 0.176. The Morgan fingerprint density at radius 3 is 2.82 bits per heavy atom. The van der Waals surface area contributed by atoms with E-state index >= 15 is 0 Å². The topological polar surface area (TPSA) is 59.8 Å². The van der Waals surface area contributed by atoms with E-state index in [4.69, 9.17) is 21.2 Å². The Kier molecular flexibility index (Phi) is 7.67. The van der Waals surface area contributed by atoms with Crippen molar-refractivity contribution < 1.29 is 9.57 Å². The zero-order valence-corrected chi connectivity index (χ0v) is 16.6. The van der Waals surface area contributed by atoms with Crippen LogP contribution in [0.3, 0.4) is 0 Å². The monoisotopic (exact) mass is 400 g/mol. The van der Waals surface area contributed by atoms with Gasteiger partial charge < -0.3 is 14.5 Å². The number of piperidine rings is 1. The molecule has 2 heterocycles. The van der Waals surface area contributed by atoms with Crippen molar-refractivity contribution in [3.8, 4) is 5.75 Å². The molecule has 7 heteroatoms. The van der Waals surface area contributed by atoms with E-state index in [1.807, 2.05) is 30.3 Å². The SMILES string of the molecule is C=CCO/N=C/c1ccc(OCCC2CCCN(c3ccc(Cl)nn3)C2)cc1. The molecule has 0 bridgehead atoms. The molecule has 148 valence electrons. The minimum Gasteiger partial charge on any atom is -0.494 e. The van der Waals surface area contributed by atoms with Crippen molar-refractivity contribution in [1.29, 1.82) is 0 Å². The highest BCUT2D eigenvalue weighted by atomic mass is 35.5. The van der Waals surface area contributed by atoms with Gasteiger partial charge in [0.1, 0.15) is 12.4 Å². The van der Waals surface area contributed by atoms with Crippen LogP contribution in [-0.4, -0.2) is 42.7 Å². The number of halogens is 1. The molecule has 3 rings (SSSR count). The molecule has 1 unspecified atom stereocenters. The minimum atomic E-state index is 0.404. The molecule has 1 aliphatic heterocycles. The van der Waals surface area contributed by atoms with Crippen LogP contribution in [0.25, 0.3) is 0 Å². The molecular weight excluding hydrogens is 376 g/mol. The summed E-state index contributed by atoms with van der Waals surface area (Å²) in [6, 6.07) is 11.5. The van der Waals surface area contributed by atoms with Crippen LogP contribution in [0.15, 0.2) is 54.2 Å². The van der Waals surface area contributed by atoms with Crippen LogP contribution in [0, 0.1) is 5.92 Å². The summed E-state index contributed by atoms with van der Waals surface area (Å²) in [5, 5.41) is 12.4. The number of nitrogens with zero attached hydrogens (tertiary/aromatic N) is 4. The average molecular weight is 401 g/mol. The molecule has 1 atom stereocenters. The number of benzene rings is 1. The zero-order valence-electron chi connectivity index (χ0n) is 15.8. The van der Waals surface area contributed by atoms with E-state index in [2.05, 4.69) is 26.8 Å². The Balaban J connectivity index is 1.42. The summed E-state index contributed by atoms with van der Waals surface area (Å²) in [5.74, 6) is 2.34. The smallest absolute Gasteiger partial charge is 0.151 e. The fourth-order valence-electron chi connectivity index (χ4n) is 3.17. The zero-order chi connectivity index (χ0) is 19.6. The predicted octanol–water partition coefficient (Wildman–Crippen LogP) is 4.35. The van der Waals surface area contributed by atoms with Crippen LogP contribution >= 0.6 is 11.6 Å². The third-order valence-electron chi connectivity index (χ3n) is 4.60. The van der Waals surface area contributed by atoms with E-state index in [0.717, 1.165) is 43.1 Å². The van der Waals surface area contributed by atoms with Crippen molar-refractivity contribution in [2.24, 2.45) is 11.1 Å². The lowest BCUT2D eigenvalue weighted by atomic mass is 9.95. The van der Waals surface area contributed by atoms with Crippen LogP contribution in [0.2, 0.25) is 5.15 Å². The second-order valence-electron chi connectivity index (χ2n) is 6.69. The fourth-order valence-corrected chi connectivity index (χ4v) is 3.27. The maximum absolute atomic E-state index is 5.91. The molecular formula is C21H25ClN4O2. The van der Waals surface area contributed by atoms with E-state index in [9.17, 15) is 0 Å². The summed E-state index contributed by atoms with van der Waals surface area (Å²) < 4.78 is 5.91. The molecule has 2 aromatic rings. The van der Waals surface area contributed by atoms with Gasteiger partial charge in [-0.15, -0.1) is 10.2 Å². The molecule has 0 N–H and O–H groups in total. The number of aromatic nitrogens is 2. The lowest BCUT2D eigenvalue weighted by Crippen LogP contribution is -2.36. The van der Waals surface area contributed by atoms with Crippen molar-refractivity contribution >= 4 is 23.6 Å². The van der Waals surface area contributed by atoms with Gasteiger partial charge in [-0.2, -0.15) is 0 Å². The summed E-state index contributed by atoms with van der Waals surface area (Å²) in [4.78, 5) is 7.27. The van der Waals surface area contributed by atoms with Crippen molar-refractivity contribution in [1.82, 2.24) is 10.2 Å². The largest absolute Gasteiger partial charge is 0.494 e. The maximum atomic E-state index is 5.91. The fraction of sp³-hybridized carbons (Fsp3) is 0.381. The van der Waals surface area contributed by atoms with Crippen molar-refractivity contribution in [3.63, 3.8) is 0 Å². The second kappa shape index (κ2) is 10.7. The third kappa shape index (κ3) is 6.23. The number of oxime groups is 1. The van der Waals surface area contributed by atoms with Gasteiger partial charge in [-0.05, 0) is 67.1 Å². The van der Waals surface area contributed by atoms with Gasteiger partial charge in [-0.3, -0.25) is 0 Å². The Hall–Kier alpha value is -2.60. The molecule has 0 saturated carbocycles. The highest BCUT2D eigenvalue weighted by molar-refractivity contribution is 6.29. The second-order valence-corrected chi connectivity index (χ2v) is 7.08. The number of rotatable bonds is 9. The molecule has 1 fully saturated rings. The van der Waals surface area contributed by atoms with Crippen LogP contribution < -0.4 is 9.64 Å². The Labute approximate surface area is 170 Å². The standard InChI is InChI=1S/C21H25ClN4O2/c1-2-13-28-23-15-17-5-7-19(8-6-17)27-14-11-18-4-3-12-26(16-18)21-10-9-20(22)24-25-21/h2,5-10,15,18H,1,3-4,11-14,16H2/b23-15+. The van der Waals surface area contributed by atoms with Gasteiger partial charge in [-0.1, -0.05) is 29.4 Å². The summed E-state index contributed by atoms with van der Waals surface area (Å²) in [5.41, 5.74) is 0.961. The molecule has 1 aliphatic rings. The van der Waals surface area contributed by atoms with Gasteiger partial charge in [0.25, 0.3) is 0 Å². The number of anilines is 1. The normalized spacial score (nSPS) is 16.9. The quantitative estimate of drug-likeness (QED) is 0.271. The van der Waals surface area contributed by atoms with E-state index in [1.54, 1.807) is 18.4 Å². The molecule has 1 aromatic heterocycles. The van der Waals surface area contributed by atoms with Gasteiger partial charge in [-0.25, -0.2) is 0 Å². The van der Waals surface area contributed by atoms with Crippen molar-refractivity contribution in [2.75, 3.05) is 31.2 Å². The van der Waals surface area contributed by atoms with Gasteiger partial charge in [0.05, 0.1) is 12.8 Å². The number of hydrogen-bond donors (Lipinski definition) is 0. The first-order valence-corrected chi connectivity index (χ1v) is 9.85. The van der Waals surface area contributed by atoms with E-state index in [-0.39, 0.29) is 0 Å². The number of ether oxygens (including phenoxy) is 1. The van der Waals surface area contributed by atoms with E-state index in [1.165, 1.54) is 6.42 Å². The molecule has 1 saturated heterocycles. The van der Waals surface area contributed by atoms with Gasteiger partial charge in [0.15, 0.2) is 11.0 Å². The van der Waals surface area contributed by atoms with Crippen LogP contribution in [0.5, 0.6) is 5.75 Å². The first kappa shape index (κ1) is 20.1. The highest BCUT2D eigenvalue weighted by Crippen LogP contribution is 2.24. The molecule has 0 radical (unpaired) electrons. The summed E-state index contributed by atoms with van der Waals surface area (Å²) >= 11 is 5.83. The summed E-state index contributed by atoms with van der Waals surface area (Å²) in [6.07, 6.45) is 6.69. The van der Waals surface area contributed by atoms with Gasteiger partial charge in [0.2, 0.25) is 0 Å². The first-order valence-electron chi connectivity index (χ1n) is 9.48. The molecule has 0 aliphatic carbocycles. The van der Waals surface area contributed by atoms with Crippen LogP contribution in [0.4, 0.5) is 5.82 Å². The average Bonchev–Trinajstić information content (AvgIpc) is 2.73. The van der Waals surface area contributed by atoms with Gasteiger partial charge in [0, 0.05) is 13.1 Å². The highest BCUT2D eigenvalue weighted by Gasteiger charge is 2.21. The first-order chi connectivity index (χ1) is 13.7. The van der Waals surface area contributed by atoms with Gasteiger partial charge >= 0.3 is 0 Å². The van der Waals surface area contributed by atoms with E-state index in [0.29, 0.717) is 24.3 Å². The molecule has 0 amide bonds. The molecule has 6 nitrogen and oxygen atoms in total. The van der Waals surface area contributed by atoms with Crippen molar-refractivity contribution in [3.05, 3.63) is 59.8 Å². The molecule has 1 aromatic carbocycles. The maximum Gasteiger partial charge on any atom is 0.151 e. The summed E-state index contributed by atoms with van der Waals surface area (Å²) in [7, 11) is 0. The Morgan fingerprint density at radius 2 is 2.07 bits per heavy atom. The lowest BCUT2D eigenvalue weighted by Gasteiger charge is -2.33. The Bertz CT molecular complexity index is 765.